The van der Waals surface area contributed by atoms with Crippen molar-refractivity contribution in [2.24, 2.45) is 5.92 Å². The molecule has 0 saturated carbocycles. The summed E-state index contributed by atoms with van der Waals surface area (Å²) in [7, 11) is 0. The fraction of sp³-hybridized carbons (Fsp3) is 0.600. The van der Waals surface area contributed by atoms with Gasteiger partial charge in [0.2, 0.25) is 5.60 Å². The van der Waals surface area contributed by atoms with Crippen LogP contribution in [0.5, 0.6) is 0 Å². The maximum Gasteiger partial charge on any atom is 0.430 e. The minimum Gasteiger partial charge on any atom is -0.542 e. The molecule has 3 aliphatic rings. The van der Waals surface area contributed by atoms with Crippen molar-refractivity contribution in [1.82, 2.24) is 0 Å². The van der Waals surface area contributed by atoms with Gasteiger partial charge in [0.25, 0.3) is 0 Å². The number of thiophene rings is 2. The lowest BCUT2D eigenvalue weighted by molar-refractivity contribution is -0.946. The summed E-state index contributed by atoms with van der Waals surface area (Å²) >= 11 is 2.73. The molecule has 2 bridgehead atoms. The molecule has 218 valence electrons. The van der Waals surface area contributed by atoms with E-state index in [-0.39, 0.29) is 12.7 Å². The molecule has 0 unspecified atom stereocenters. The van der Waals surface area contributed by atoms with Gasteiger partial charge >= 0.3 is 12.1 Å². The first kappa shape index (κ1) is 31.5. The molecule has 5 heterocycles. The molecule has 0 amide bonds. The van der Waals surface area contributed by atoms with Crippen LogP contribution < -0.4 is 5.11 Å². The fourth-order valence-electron chi connectivity index (χ4n) is 4.83. The van der Waals surface area contributed by atoms with E-state index in [2.05, 4.69) is 0 Å². The van der Waals surface area contributed by atoms with Crippen molar-refractivity contribution in [3.05, 3.63) is 44.8 Å². The van der Waals surface area contributed by atoms with Crippen molar-refractivity contribution in [3.63, 3.8) is 0 Å². The van der Waals surface area contributed by atoms with Gasteiger partial charge < -0.3 is 38.8 Å². The zero-order valence-corrected chi connectivity index (χ0v) is 22.8. The van der Waals surface area contributed by atoms with Gasteiger partial charge in [-0.15, -0.1) is 22.7 Å². The number of esters is 1. The van der Waals surface area contributed by atoms with Gasteiger partial charge in [0.15, 0.2) is 6.10 Å². The number of carbonyl (C=O) groups excluding carboxylic acids is 2. The van der Waals surface area contributed by atoms with Gasteiger partial charge in [-0.2, -0.15) is 13.2 Å². The number of alkyl halides is 3. The average Bonchev–Trinajstić information content (AvgIpc) is 3.64. The molecule has 1 atom stereocenters. The van der Waals surface area contributed by atoms with E-state index in [1.54, 1.807) is 12.1 Å². The maximum atomic E-state index is 13.4. The van der Waals surface area contributed by atoms with Crippen LogP contribution in [0.3, 0.4) is 0 Å². The van der Waals surface area contributed by atoms with Crippen LogP contribution in [-0.2, 0) is 29.4 Å². The first-order valence-corrected chi connectivity index (χ1v) is 14.2. The molecule has 2 N–H and O–H groups in total. The molecule has 39 heavy (non-hydrogen) atoms. The minimum atomic E-state index is -5.19. The lowest BCUT2D eigenvalue weighted by Crippen LogP contribution is -2.65. The van der Waals surface area contributed by atoms with Crippen LogP contribution in [0.15, 0.2) is 35.0 Å². The molecule has 3 aliphatic heterocycles. The number of aliphatic hydroxyl groups excluding tert-OH is 1. The number of piperidine rings is 3. The Morgan fingerprint density at radius 2 is 1.54 bits per heavy atom. The summed E-state index contributed by atoms with van der Waals surface area (Å²) in [6, 6.07) is 7.26. The third-order valence-electron chi connectivity index (χ3n) is 6.90. The van der Waals surface area contributed by atoms with Crippen LogP contribution in [0.1, 0.15) is 22.6 Å². The number of aliphatic carboxylic acids is 1. The summed E-state index contributed by atoms with van der Waals surface area (Å²) in [4.78, 5) is 23.3. The molecule has 14 heteroatoms. The minimum absolute atomic E-state index is 0.0232. The van der Waals surface area contributed by atoms with Gasteiger partial charge in [0.1, 0.15) is 19.1 Å². The highest BCUT2D eigenvalue weighted by Crippen LogP contribution is 2.40. The zero-order chi connectivity index (χ0) is 28.5. The Labute approximate surface area is 231 Å². The van der Waals surface area contributed by atoms with E-state index < -0.39 is 23.7 Å². The quantitative estimate of drug-likeness (QED) is 0.215. The van der Waals surface area contributed by atoms with E-state index in [1.807, 2.05) is 22.9 Å². The molecule has 2 aromatic heterocycles. The number of quaternary nitrogens is 1. The Hall–Kier alpha value is -2.07. The molecule has 0 aromatic carbocycles. The highest BCUT2D eigenvalue weighted by molar-refractivity contribution is 7.12. The second-order valence-electron chi connectivity index (χ2n) is 9.37. The number of aliphatic hydroxyl groups is 2. The molecule has 2 aromatic rings. The summed E-state index contributed by atoms with van der Waals surface area (Å²) in [5, 5.41) is 32.8. The average molecular weight is 596 g/mol. The van der Waals surface area contributed by atoms with E-state index in [1.165, 1.54) is 22.7 Å². The summed E-state index contributed by atoms with van der Waals surface area (Å²) in [6.07, 6.45) is -3.34. The van der Waals surface area contributed by atoms with Crippen molar-refractivity contribution in [2.45, 2.75) is 30.7 Å². The van der Waals surface area contributed by atoms with Crippen LogP contribution in [0.2, 0.25) is 0 Å². The number of fused-ring (bicyclic) bond motifs is 3. The fourth-order valence-corrected chi connectivity index (χ4v) is 6.54. The number of carboxylic acids is 1. The molecule has 3 fully saturated rings. The first-order chi connectivity index (χ1) is 18.5. The van der Waals surface area contributed by atoms with Crippen molar-refractivity contribution >= 4 is 34.6 Å². The van der Waals surface area contributed by atoms with E-state index in [0.29, 0.717) is 42.1 Å². The standard InChI is InChI=1S/C23H32NO6S2.C2HF3O2/c25-10-12-29-14-13-28-11-9-24-7-5-18(6-8-24)19(17-24)30-22(26)23(27,20-3-1-15-31-20)21-4-2-16-32-21;3-2(4,5)1(6)7/h1-4,15-16,18-19,25,27H,5-14,17H2;(H,6,7)/q+1;/p-1/t18?,19-,24?;/m0./s1. The number of nitrogens with zero attached hydrogens (tertiary/aromatic N) is 1. The van der Waals surface area contributed by atoms with Crippen LogP contribution in [0.4, 0.5) is 13.2 Å². The Balaban J connectivity index is 0.000000532. The largest absolute Gasteiger partial charge is 0.542 e. The number of rotatable bonds is 12. The number of hydrogen-bond acceptors (Lipinski definition) is 10. The molecule has 9 nitrogen and oxygen atoms in total. The van der Waals surface area contributed by atoms with E-state index in [9.17, 15) is 23.1 Å². The zero-order valence-electron chi connectivity index (χ0n) is 21.1. The summed E-state index contributed by atoms with van der Waals surface area (Å²) in [5.41, 5.74) is -1.75. The topological polar surface area (TPSA) is 125 Å². The third kappa shape index (κ3) is 8.22. The SMILES string of the molecule is O=C(O[C@H]1C[N+]2(CCOCCOCCO)CCC1CC2)C(O)(c1cccs1)c1cccs1.O=C([O-])C(F)(F)F. The maximum absolute atomic E-state index is 13.4. The Kier molecular flexibility index (Phi) is 11.3. The molecule has 0 radical (unpaired) electrons. The van der Waals surface area contributed by atoms with Gasteiger partial charge in [0.05, 0.1) is 55.9 Å². The number of hydrogen-bond donors (Lipinski definition) is 2. The summed E-state index contributed by atoms with van der Waals surface area (Å²) < 4.78 is 49.5. The van der Waals surface area contributed by atoms with E-state index >= 15 is 0 Å². The van der Waals surface area contributed by atoms with Gasteiger partial charge in [-0.1, -0.05) is 12.1 Å². The number of carboxylic acid groups (broad SMARTS) is 1. The second kappa shape index (κ2) is 14.0. The summed E-state index contributed by atoms with van der Waals surface area (Å²) in [5.74, 6) is -3.23. The third-order valence-corrected chi connectivity index (χ3v) is 8.86. The van der Waals surface area contributed by atoms with Gasteiger partial charge in [-0.3, -0.25) is 0 Å². The monoisotopic (exact) mass is 595 g/mol. The second-order valence-corrected chi connectivity index (χ2v) is 11.3. The van der Waals surface area contributed by atoms with Gasteiger partial charge in [-0.25, -0.2) is 4.79 Å². The number of halogens is 3. The molecule has 5 rings (SSSR count). The van der Waals surface area contributed by atoms with Gasteiger partial charge in [0, 0.05) is 18.8 Å². The Bertz CT molecular complexity index is 991. The molecular weight excluding hydrogens is 563 g/mol. The molecule has 0 aliphatic carbocycles. The number of ether oxygens (including phenoxy) is 3. The predicted octanol–water partition coefficient (Wildman–Crippen LogP) is 1.52. The first-order valence-electron chi connectivity index (χ1n) is 12.4. The van der Waals surface area contributed by atoms with Crippen molar-refractivity contribution in [3.8, 4) is 0 Å². The van der Waals surface area contributed by atoms with Crippen molar-refractivity contribution in [2.75, 3.05) is 59.2 Å². The van der Waals surface area contributed by atoms with Gasteiger partial charge in [-0.05, 0) is 22.9 Å². The lowest BCUT2D eigenvalue weighted by atomic mass is 9.83. The highest BCUT2D eigenvalue weighted by atomic mass is 32.1. The van der Waals surface area contributed by atoms with E-state index in [4.69, 9.17) is 29.2 Å². The van der Waals surface area contributed by atoms with Crippen molar-refractivity contribution < 1.29 is 56.8 Å². The van der Waals surface area contributed by atoms with Crippen molar-refractivity contribution in [1.29, 1.82) is 0 Å². The summed E-state index contributed by atoms with van der Waals surface area (Å²) in [6.45, 7) is 5.76. The number of carbonyl (C=O) groups is 2. The molecular formula is C25H32F3NO8S2. The smallest absolute Gasteiger partial charge is 0.430 e. The molecule has 0 spiro atoms. The Morgan fingerprint density at radius 3 is 2.00 bits per heavy atom. The van der Waals surface area contributed by atoms with Crippen LogP contribution >= 0.6 is 22.7 Å². The van der Waals surface area contributed by atoms with Crippen LogP contribution in [0.25, 0.3) is 0 Å². The molecule has 3 saturated heterocycles. The van der Waals surface area contributed by atoms with Crippen LogP contribution in [0, 0.1) is 5.92 Å². The lowest BCUT2D eigenvalue weighted by Gasteiger charge is -2.52. The normalized spacial score (nSPS) is 22.7. The Morgan fingerprint density at radius 1 is 1.00 bits per heavy atom. The predicted molar refractivity (Wildman–Crippen MR) is 134 cm³/mol. The highest BCUT2D eigenvalue weighted by Gasteiger charge is 2.51. The van der Waals surface area contributed by atoms with Crippen LogP contribution in [-0.4, -0.2) is 98.1 Å². The van der Waals surface area contributed by atoms with E-state index in [0.717, 1.165) is 43.5 Å².